The van der Waals surface area contributed by atoms with Crippen LogP contribution in [0.1, 0.15) is 23.6 Å². The summed E-state index contributed by atoms with van der Waals surface area (Å²) in [5.74, 6) is 0.772. The molecule has 0 heterocycles. The second-order valence-electron chi connectivity index (χ2n) is 4.05. The lowest BCUT2D eigenvalue weighted by Crippen LogP contribution is -2.38. The molecular formula is C12H19NO2. The average Bonchev–Trinajstić information content (AvgIpc) is 2.10. The fraction of sp³-hybridized carbons (Fsp3) is 0.500. The van der Waals surface area contributed by atoms with Crippen molar-refractivity contribution in [2.45, 2.75) is 40.0 Å². The highest BCUT2D eigenvalue weighted by atomic mass is 16.5. The van der Waals surface area contributed by atoms with E-state index in [4.69, 9.17) is 10.5 Å². The van der Waals surface area contributed by atoms with Gasteiger partial charge in [-0.05, 0) is 38.8 Å². The van der Waals surface area contributed by atoms with Crippen molar-refractivity contribution in [2.24, 2.45) is 5.73 Å². The van der Waals surface area contributed by atoms with Crippen LogP contribution in [0.2, 0.25) is 0 Å². The molecule has 84 valence electrons. The molecule has 1 aromatic carbocycles. The van der Waals surface area contributed by atoms with E-state index in [-0.39, 0.29) is 0 Å². The van der Waals surface area contributed by atoms with E-state index in [1.165, 1.54) is 5.56 Å². The first-order chi connectivity index (χ1) is 6.91. The highest BCUT2D eigenvalue weighted by Gasteiger charge is 2.13. The van der Waals surface area contributed by atoms with Crippen molar-refractivity contribution in [1.29, 1.82) is 0 Å². The molecule has 0 saturated heterocycles. The first-order valence-corrected chi connectivity index (χ1v) is 5.10. The van der Waals surface area contributed by atoms with Gasteiger partial charge in [0.15, 0.2) is 6.23 Å². The Kier molecular flexibility index (Phi) is 3.72. The summed E-state index contributed by atoms with van der Waals surface area (Å²) in [6, 6.07) is 4.08. The van der Waals surface area contributed by atoms with E-state index in [1.807, 2.05) is 32.9 Å². The number of nitrogens with two attached hydrogens (primary N) is 1. The number of ether oxygens (including phenoxy) is 1. The third kappa shape index (κ3) is 2.94. The zero-order valence-corrected chi connectivity index (χ0v) is 9.74. The van der Waals surface area contributed by atoms with Gasteiger partial charge in [-0.3, -0.25) is 5.73 Å². The Morgan fingerprint density at radius 3 is 2.07 bits per heavy atom. The van der Waals surface area contributed by atoms with E-state index in [9.17, 15) is 5.11 Å². The topological polar surface area (TPSA) is 55.5 Å². The average molecular weight is 209 g/mol. The second-order valence-corrected chi connectivity index (χ2v) is 4.05. The third-order valence-electron chi connectivity index (χ3n) is 2.33. The fourth-order valence-corrected chi connectivity index (χ4v) is 1.59. The molecule has 0 amide bonds. The standard InChI is InChI=1S/C12H19NO2/c1-7-5-8(2)11(9(3)6-7)15-12(13)10(4)14/h5-6,10,12,14H,13H2,1-4H3. The molecule has 0 bridgehead atoms. The Morgan fingerprint density at radius 1 is 1.20 bits per heavy atom. The minimum Gasteiger partial charge on any atom is -0.472 e. The van der Waals surface area contributed by atoms with Crippen molar-refractivity contribution in [2.75, 3.05) is 0 Å². The number of rotatable bonds is 3. The first-order valence-electron chi connectivity index (χ1n) is 5.10. The van der Waals surface area contributed by atoms with Gasteiger partial charge >= 0.3 is 0 Å². The summed E-state index contributed by atoms with van der Waals surface area (Å²) < 4.78 is 5.52. The van der Waals surface area contributed by atoms with E-state index in [0.717, 1.165) is 16.9 Å². The van der Waals surface area contributed by atoms with Gasteiger partial charge in [-0.25, -0.2) is 0 Å². The number of hydrogen-bond donors (Lipinski definition) is 2. The van der Waals surface area contributed by atoms with Crippen molar-refractivity contribution >= 4 is 0 Å². The smallest absolute Gasteiger partial charge is 0.173 e. The molecule has 1 rings (SSSR count). The molecule has 0 aliphatic heterocycles. The summed E-state index contributed by atoms with van der Waals surface area (Å²) >= 11 is 0. The lowest BCUT2D eigenvalue weighted by molar-refractivity contribution is 0.0520. The van der Waals surface area contributed by atoms with Gasteiger partial charge in [0.25, 0.3) is 0 Å². The van der Waals surface area contributed by atoms with Crippen LogP contribution in [0.5, 0.6) is 5.75 Å². The second kappa shape index (κ2) is 4.64. The van der Waals surface area contributed by atoms with Gasteiger partial charge in [-0.1, -0.05) is 17.7 Å². The molecule has 0 saturated carbocycles. The van der Waals surface area contributed by atoms with Gasteiger partial charge in [0, 0.05) is 0 Å². The molecule has 2 unspecified atom stereocenters. The van der Waals surface area contributed by atoms with Crippen molar-refractivity contribution in [3.63, 3.8) is 0 Å². The molecule has 3 nitrogen and oxygen atoms in total. The Bertz CT molecular complexity index is 324. The van der Waals surface area contributed by atoms with E-state index in [2.05, 4.69) is 0 Å². The van der Waals surface area contributed by atoms with Crippen molar-refractivity contribution in [3.8, 4) is 5.75 Å². The predicted molar refractivity (Wildman–Crippen MR) is 60.9 cm³/mol. The number of aryl methyl sites for hydroxylation is 3. The SMILES string of the molecule is Cc1cc(C)c(OC(N)C(C)O)c(C)c1. The summed E-state index contributed by atoms with van der Waals surface area (Å²) in [4.78, 5) is 0. The van der Waals surface area contributed by atoms with Gasteiger partial charge in [0.1, 0.15) is 11.9 Å². The quantitative estimate of drug-likeness (QED) is 0.744. The van der Waals surface area contributed by atoms with Gasteiger partial charge in [0.05, 0.1) is 0 Å². The molecule has 0 fully saturated rings. The zero-order valence-electron chi connectivity index (χ0n) is 9.74. The molecule has 3 N–H and O–H groups in total. The third-order valence-corrected chi connectivity index (χ3v) is 2.33. The number of hydrogen-bond acceptors (Lipinski definition) is 3. The van der Waals surface area contributed by atoms with Crippen LogP contribution in [0.25, 0.3) is 0 Å². The highest BCUT2D eigenvalue weighted by Crippen LogP contribution is 2.25. The van der Waals surface area contributed by atoms with Gasteiger partial charge in [0.2, 0.25) is 0 Å². The maximum absolute atomic E-state index is 9.27. The molecule has 0 aliphatic rings. The molecule has 0 radical (unpaired) electrons. The normalized spacial score (nSPS) is 14.8. The predicted octanol–water partition coefficient (Wildman–Crippen LogP) is 1.66. The van der Waals surface area contributed by atoms with E-state index < -0.39 is 12.3 Å². The largest absolute Gasteiger partial charge is 0.472 e. The first kappa shape index (κ1) is 12.0. The van der Waals surface area contributed by atoms with Gasteiger partial charge in [-0.15, -0.1) is 0 Å². The summed E-state index contributed by atoms with van der Waals surface area (Å²) in [7, 11) is 0. The Labute approximate surface area is 90.9 Å². The maximum atomic E-state index is 9.27. The Balaban J connectivity index is 2.95. The molecule has 0 aliphatic carbocycles. The monoisotopic (exact) mass is 209 g/mol. The molecule has 1 aromatic rings. The Morgan fingerprint density at radius 2 is 1.67 bits per heavy atom. The molecule has 3 heteroatoms. The van der Waals surface area contributed by atoms with Crippen LogP contribution >= 0.6 is 0 Å². The number of aliphatic hydroxyl groups excluding tert-OH is 1. The lowest BCUT2D eigenvalue weighted by atomic mass is 10.1. The maximum Gasteiger partial charge on any atom is 0.173 e. The van der Waals surface area contributed by atoms with Crippen LogP contribution in [0.4, 0.5) is 0 Å². The minimum absolute atomic E-state index is 0.676. The van der Waals surface area contributed by atoms with Crippen LogP contribution in [-0.4, -0.2) is 17.4 Å². The molecule has 2 atom stereocenters. The molecule has 0 spiro atoms. The van der Waals surface area contributed by atoms with Crippen LogP contribution in [-0.2, 0) is 0 Å². The van der Waals surface area contributed by atoms with Crippen molar-refractivity contribution in [3.05, 3.63) is 28.8 Å². The van der Waals surface area contributed by atoms with Gasteiger partial charge in [-0.2, -0.15) is 0 Å². The Hall–Kier alpha value is -1.06. The molecular weight excluding hydrogens is 190 g/mol. The number of benzene rings is 1. The van der Waals surface area contributed by atoms with Crippen molar-refractivity contribution in [1.82, 2.24) is 0 Å². The fourth-order valence-electron chi connectivity index (χ4n) is 1.59. The van der Waals surface area contributed by atoms with Crippen LogP contribution in [0, 0.1) is 20.8 Å². The van der Waals surface area contributed by atoms with Crippen LogP contribution < -0.4 is 10.5 Å². The van der Waals surface area contributed by atoms with Crippen LogP contribution in [0.15, 0.2) is 12.1 Å². The minimum atomic E-state index is -0.676. The summed E-state index contributed by atoms with van der Waals surface area (Å²) in [5.41, 5.74) is 8.94. The summed E-state index contributed by atoms with van der Waals surface area (Å²) in [6.45, 7) is 7.61. The van der Waals surface area contributed by atoms with Crippen molar-refractivity contribution < 1.29 is 9.84 Å². The molecule has 15 heavy (non-hydrogen) atoms. The summed E-state index contributed by atoms with van der Waals surface area (Å²) in [5, 5.41) is 9.27. The van der Waals surface area contributed by atoms with Crippen LogP contribution in [0.3, 0.4) is 0 Å². The van der Waals surface area contributed by atoms with Gasteiger partial charge < -0.3 is 9.84 Å². The number of aliphatic hydroxyl groups is 1. The lowest BCUT2D eigenvalue weighted by Gasteiger charge is -2.20. The summed E-state index contributed by atoms with van der Waals surface area (Å²) in [6.07, 6.45) is -1.35. The molecule has 0 aromatic heterocycles. The van der Waals surface area contributed by atoms with E-state index in [1.54, 1.807) is 6.92 Å². The highest BCUT2D eigenvalue weighted by molar-refractivity contribution is 5.43. The van der Waals surface area contributed by atoms with E-state index in [0.29, 0.717) is 0 Å². The zero-order chi connectivity index (χ0) is 11.6. The van der Waals surface area contributed by atoms with E-state index >= 15 is 0 Å².